The van der Waals surface area contributed by atoms with Crippen LogP contribution in [0.3, 0.4) is 0 Å². The number of nitrogens with zero attached hydrogens (tertiary/aromatic N) is 4. The molecule has 1 saturated heterocycles. The molecule has 2 amide bonds. The summed E-state index contributed by atoms with van der Waals surface area (Å²) in [7, 11) is -3.81. The van der Waals surface area contributed by atoms with E-state index in [1.54, 1.807) is 0 Å². The molecule has 14 nitrogen and oxygen atoms in total. The van der Waals surface area contributed by atoms with Gasteiger partial charge in [0.2, 0.25) is 0 Å². The van der Waals surface area contributed by atoms with Crippen LogP contribution >= 0.6 is 11.3 Å². The van der Waals surface area contributed by atoms with E-state index in [0.29, 0.717) is 0 Å². The summed E-state index contributed by atoms with van der Waals surface area (Å²) in [4.78, 5) is 34.7. The molecular formula is C11H13N6NaO8S2. The summed E-state index contributed by atoms with van der Waals surface area (Å²) in [5, 5.41) is 17.4. The number of nitrogens with two attached hydrogens (primary N) is 2. The number of thiazole rings is 1. The Hall–Kier alpha value is -1.98. The molecule has 1 aromatic rings. The average Bonchev–Trinajstić information content (AvgIpc) is 2.98. The minimum absolute atomic E-state index is 0. The molecule has 0 saturated carbocycles. The summed E-state index contributed by atoms with van der Waals surface area (Å²) in [5.41, 5.74) is 9.91. The van der Waals surface area contributed by atoms with Gasteiger partial charge >= 0.3 is 46.0 Å². The number of amides is 2. The number of anilines is 1. The van der Waals surface area contributed by atoms with Crippen molar-refractivity contribution >= 4 is 50.4 Å². The molecule has 0 bridgehead atoms. The second-order valence-electron chi connectivity index (χ2n) is 4.88. The zero-order valence-corrected chi connectivity index (χ0v) is 18.1. The van der Waals surface area contributed by atoms with Crippen LogP contribution in [0.25, 0.3) is 0 Å². The Morgan fingerprint density at radius 2 is 2.18 bits per heavy atom. The third-order valence-electron chi connectivity index (χ3n) is 3.19. The Morgan fingerprint density at radius 3 is 2.64 bits per heavy atom. The number of ether oxygens (including phenoxy) is 1. The first-order valence-electron chi connectivity index (χ1n) is 6.87. The van der Waals surface area contributed by atoms with Crippen molar-refractivity contribution in [2.24, 2.45) is 15.9 Å². The predicted octanol–water partition coefficient (Wildman–Crippen LogP) is -5.68. The molecule has 1 aromatic heterocycles. The Kier molecular flexibility index (Phi) is 8.15. The Morgan fingerprint density at radius 1 is 1.54 bits per heavy atom. The fourth-order valence-electron chi connectivity index (χ4n) is 2.13. The molecule has 0 spiro atoms. The van der Waals surface area contributed by atoms with Crippen LogP contribution < -0.4 is 46.1 Å². The smallest absolute Gasteiger partial charge is 0.857 e. The Bertz CT molecular complexity index is 916. The van der Waals surface area contributed by atoms with Crippen LogP contribution in [-0.2, 0) is 24.7 Å². The van der Waals surface area contributed by atoms with Crippen LogP contribution in [0.1, 0.15) is 5.69 Å². The standard InChI is InChI=1S/C11H14N6O8S2.Na/c1-24-16-6(4-3-26-10(12)14-4)8(18)15-7-5(2-25-11(13)20)17(9(7)19)27(21,22)23;/h3,5,7H,2H2,1H3,(H2,12,14)(H2,13,20)(H,15,18)(H,21,22,23);/q;+1/p-1/b16-6+;/t5-,7+;/m1./s1. The second kappa shape index (κ2) is 9.48. The van der Waals surface area contributed by atoms with Crippen LogP contribution in [0.2, 0.25) is 0 Å². The second-order valence-corrected chi connectivity index (χ2v) is 7.06. The summed E-state index contributed by atoms with van der Waals surface area (Å²) in [6.07, 6.45) is -1.26. The molecule has 0 radical (unpaired) electrons. The fourth-order valence-corrected chi connectivity index (χ4v) is 3.53. The first-order valence-corrected chi connectivity index (χ1v) is 9.14. The van der Waals surface area contributed by atoms with E-state index in [0.717, 1.165) is 18.4 Å². The van der Waals surface area contributed by atoms with E-state index in [-0.39, 0.29) is 44.7 Å². The summed E-state index contributed by atoms with van der Waals surface area (Å²) in [6.45, 7) is -0.720. The van der Waals surface area contributed by atoms with Crippen LogP contribution in [0.5, 0.6) is 0 Å². The first-order chi connectivity index (χ1) is 12.6. The maximum Gasteiger partial charge on any atom is 1.00 e. The molecule has 28 heavy (non-hydrogen) atoms. The molecule has 2 rings (SSSR count). The van der Waals surface area contributed by atoms with Gasteiger partial charge in [0.05, 0.1) is 0 Å². The van der Waals surface area contributed by atoms with Crippen molar-refractivity contribution in [3.05, 3.63) is 11.1 Å². The van der Waals surface area contributed by atoms with Crippen molar-refractivity contribution in [3.8, 4) is 0 Å². The molecule has 2 atom stereocenters. The van der Waals surface area contributed by atoms with Gasteiger partial charge in [-0.3, -0.25) is 14.3 Å². The zero-order chi connectivity index (χ0) is 20.4. The number of oxime groups is 1. The van der Waals surface area contributed by atoms with Crippen LogP contribution in [0.15, 0.2) is 15.5 Å². The van der Waals surface area contributed by atoms with Gasteiger partial charge in [-0.25, -0.2) is 14.1 Å². The molecule has 0 aliphatic carbocycles. The molecule has 1 fully saturated rings. The number of hydrogen-bond acceptors (Lipinski definition) is 12. The number of primary amides is 1. The van der Waals surface area contributed by atoms with Crippen molar-refractivity contribution in [2.45, 2.75) is 12.1 Å². The number of β-lactam (4-membered cyclic amide) rings is 1. The van der Waals surface area contributed by atoms with Crippen molar-refractivity contribution in [2.75, 3.05) is 19.5 Å². The van der Waals surface area contributed by atoms with E-state index in [1.165, 1.54) is 5.38 Å². The predicted molar refractivity (Wildman–Crippen MR) is 89.0 cm³/mol. The minimum Gasteiger partial charge on any atom is -0.857 e. The molecule has 1 aliphatic heterocycles. The minimum atomic E-state index is -4.96. The van der Waals surface area contributed by atoms with E-state index >= 15 is 0 Å². The monoisotopic (exact) mass is 444 g/mol. The zero-order valence-electron chi connectivity index (χ0n) is 14.5. The maximum absolute atomic E-state index is 12.4. The number of nitrogen functional groups attached to an aromatic ring is 1. The van der Waals surface area contributed by atoms with E-state index in [2.05, 4.69) is 24.7 Å². The van der Waals surface area contributed by atoms with Gasteiger partial charge in [-0.05, 0) is 0 Å². The van der Waals surface area contributed by atoms with Gasteiger partial charge in [0, 0.05) is 11.3 Å². The molecule has 5 N–H and O–H groups in total. The summed E-state index contributed by atoms with van der Waals surface area (Å²) < 4.78 is 36.1. The maximum atomic E-state index is 12.4. The third-order valence-corrected chi connectivity index (χ3v) is 4.81. The van der Waals surface area contributed by atoms with Crippen LogP contribution in [0.4, 0.5) is 9.93 Å². The summed E-state index contributed by atoms with van der Waals surface area (Å²) in [5.74, 6) is -2.28. The molecule has 148 valence electrons. The van der Waals surface area contributed by atoms with Gasteiger partial charge < -0.3 is 26.1 Å². The van der Waals surface area contributed by atoms with Crippen molar-refractivity contribution in [1.29, 1.82) is 0 Å². The summed E-state index contributed by atoms with van der Waals surface area (Å²) in [6, 6.07) is -3.04. The Balaban J connectivity index is 0.00000392. The number of carbonyl (C=O) groups excluding carboxylic acids is 2. The molecular weight excluding hydrogens is 431 g/mol. The number of aliphatic imine (C=N–C) groups is 1. The topological polar surface area (TPSA) is 223 Å². The largest absolute Gasteiger partial charge is 1.00 e. The van der Waals surface area contributed by atoms with Crippen molar-refractivity contribution in [3.63, 3.8) is 0 Å². The van der Waals surface area contributed by atoms with Crippen molar-refractivity contribution in [1.82, 2.24) is 9.29 Å². The van der Waals surface area contributed by atoms with E-state index < -0.39 is 52.6 Å². The van der Waals surface area contributed by atoms with Crippen LogP contribution in [0, 0.1) is 0 Å². The molecule has 17 heteroatoms. The number of hydrogen-bond donors (Lipinski definition) is 3. The number of carbonyl (C=O) groups is 2. The molecule has 0 aromatic carbocycles. The van der Waals surface area contributed by atoms with Gasteiger partial charge in [0.25, 0.3) is 5.91 Å². The van der Waals surface area contributed by atoms with Gasteiger partial charge in [-0.1, -0.05) is 5.16 Å². The average molecular weight is 444 g/mol. The molecule has 0 unspecified atom stereocenters. The molecule has 1 aliphatic rings. The SMILES string of the molecule is CO/N=C(/C([O-])=N[C@@H]1C(=O)N(S(=O)(=O)O)[C@@H]1COC(N)=O)c1csc(N)n1.[Na+]. The van der Waals surface area contributed by atoms with Crippen LogP contribution in [-0.4, -0.2) is 71.7 Å². The molecule has 2 heterocycles. The van der Waals surface area contributed by atoms with Gasteiger partial charge in [-0.15, -0.1) is 11.3 Å². The number of aromatic nitrogens is 1. The van der Waals surface area contributed by atoms with Gasteiger partial charge in [0.1, 0.15) is 31.2 Å². The quantitative estimate of drug-likeness (QED) is 0.0902. The van der Waals surface area contributed by atoms with Gasteiger partial charge in [0.15, 0.2) is 11.2 Å². The van der Waals surface area contributed by atoms with Crippen molar-refractivity contribution < 1.29 is 66.8 Å². The van der Waals surface area contributed by atoms with E-state index in [1.807, 2.05) is 0 Å². The number of rotatable bonds is 7. The normalized spacial score (nSPS) is 20.2. The Labute approximate surface area is 184 Å². The third kappa shape index (κ3) is 5.30. The first kappa shape index (κ1) is 24.1. The van der Waals surface area contributed by atoms with E-state index in [9.17, 15) is 23.1 Å². The fraction of sp³-hybridized carbons (Fsp3) is 0.364. The van der Waals surface area contributed by atoms with Gasteiger partial charge in [-0.2, -0.15) is 8.42 Å². The summed E-state index contributed by atoms with van der Waals surface area (Å²) >= 11 is 1.01. The van der Waals surface area contributed by atoms with E-state index in [4.69, 9.17) is 16.0 Å².